The minimum absolute atomic E-state index is 0.0312. The van der Waals surface area contributed by atoms with Gasteiger partial charge in [0.2, 0.25) is 0 Å². The second-order valence-corrected chi connectivity index (χ2v) is 6.07. The number of hydrogen-bond donors (Lipinski definition) is 3. The lowest BCUT2D eigenvalue weighted by molar-refractivity contribution is 0.0212. The van der Waals surface area contributed by atoms with E-state index in [1.807, 2.05) is 38.4 Å². The van der Waals surface area contributed by atoms with Gasteiger partial charge < -0.3 is 15.5 Å². The minimum Gasteiger partial charge on any atom is -0.396 e. The molecule has 2 aromatic rings. The van der Waals surface area contributed by atoms with Crippen molar-refractivity contribution in [2.45, 2.75) is 31.8 Å². The third-order valence-electron chi connectivity index (χ3n) is 4.20. The molecule has 6 heteroatoms. The van der Waals surface area contributed by atoms with Crippen LogP contribution in [0.1, 0.15) is 36.5 Å². The summed E-state index contributed by atoms with van der Waals surface area (Å²) in [7, 11) is 1.85. The Hall–Kier alpha value is -2.18. The molecule has 0 saturated carbocycles. The van der Waals surface area contributed by atoms with E-state index in [4.69, 9.17) is 5.11 Å². The Morgan fingerprint density at radius 1 is 1.38 bits per heavy atom. The van der Waals surface area contributed by atoms with Crippen molar-refractivity contribution in [1.29, 1.82) is 0 Å². The van der Waals surface area contributed by atoms with Gasteiger partial charge in [-0.2, -0.15) is 5.10 Å². The monoisotopic (exact) mass is 331 g/mol. The number of carbonyl (C=O) groups excluding carboxylic acids is 1. The molecule has 0 aliphatic rings. The number of benzene rings is 1. The van der Waals surface area contributed by atoms with Gasteiger partial charge in [0.15, 0.2) is 0 Å². The first-order valence-corrected chi connectivity index (χ1v) is 8.18. The van der Waals surface area contributed by atoms with Crippen LogP contribution in [0.15, 0.2) is 36.7 Å². The van der Waals surface area contributed by atoms with E-state index in [1.165, 1.54) is 0 Å². The lowest BCUT2D eigenvalue weighted by Gasteiger charge is -2.26. The quantitative estimate of drug-likeness (QED) is 0.687. The average molecular weight is 331 g/mol. The maximum Gasteiger partial charge on any atom is 0.251 e. The molecule has 0 fully saturated rings. The lowest BCUT2D eigenvalue weighted by Crippen LogP contribution is -2.42. The molecule has 1 amide bonds. The molecule has 1 aromatic carbocycles. The molecule has 0 radical (unpaired) electrons. The number of aryl methyl sites for hydroxylation is 1. The van der Waals surface area contributed by atoms with Crippen LogP contribution >= 0.6 is 0 Å². The van der Waals surface area contributed by atoms with Crippen molar-refractivity contribution in [3.05, 3.63) is 42.2 Å². The Labute approximate surface area is 142 Å². The fraction of sp³-hybridized carbons (Fsp3) is 0.444. The molecule has 0 aliphatic carbocycles. The predicted octanol–water partition coefficient (Wildman–Crippen LogP) is 1.73. The maximum atomic E-state index is 12.4. The summed E-state index contributed by atoms with van der Waals surface area (Å²) in [6.45, 7) is 2.06. The fourth-order valence-corrected chi connectivity index (χ4v) is 2.56. The molecule has 24 heavy (non-hydrogen) atoms. The highest BCUT2D eigenvalue weighted by molar-refractivity contribution is 5.95. The molecule has 0 spiro atoms. The number of hydrogen-bond acceptors (Lipinski definition) is 4. The van der Waals surface area contributed by atoms with Gasteiger partial charge in [0, 0.05) is 37.5 Å². The molecule has 0 bridgehead atoms. The van der Waals surface area contributed by atoms with Crippen LogP contribution in [0.25, 0.3) is 11.1 Å². The Morgan fingerprint density at radius 2 is 2.17 bits per heavy atom. The number of carbonyl (C=O) groups is 1. The molecule has 1 aromatic heterocycles. The van der Waals surface area contributed by atoms with E-state index >= 15 is 0 Å². The average Bonchev–Trinajstić information content (AvgIpc) is 3.04. The van der Waals surface area contributed by atoms with Crippen LogP contribution in [0.2, 0.25) is 0 Å². The lowest BCUT2D eigenvalue weighted by atomic mass is 9.94. The van der Waals surface area contributed by atoms with E-state index < -0.39 is 5.60 Å². The largest absolute Gasteiger partial charge is 0.396 e. The summed E-state index contributed by atoms with van der Waals surface area (Å²) in [5, 5.41) is 26.3. The molecule has 0 saturated heterocycles. The van der Waals surface area contributed by atoms with Gasteiger partial charge in [0.05, 0.1) is 11.8 Å². The first-order valence-electron chi connectivity index (χ1n) is 8.18. The van der Waals surface area contributed by atoms with E-state index in [-0.39, 0.29) is 19.1 Å². The number of nitrogens with zero attached hydrogens (tertiary/aromatic N) is 2. The van der Waals surface area contributed by atoms with E-state index in [2.05, 4.69) is 10.4 Å². The molecular formula is C18H25N3O3. The summed E-state index contributed by atoms with van der Waals surface area (Å²) in [5.74, 6) is -0.225. The minimum atomic E-state index is -0.987. The second kappa shape index (κ2) is 8.08. The Morgan fingerprint density at radius 3 is 2.79 bits per heavy atom. The number of rotatable bonds is 8. The van der Waals surface area contributed by atoms with Gasteiger partial charge in [0.25, 0.3) is 5.91 Å². The van der Waals surface area contributed by atoms with Crippen LogP contribution in [0.5, 0.6) is 0 Å². The van der Waals surface area contributed by atoms with E-state index in [1.54, 1.807) is 16.9 Å². The highest BCUT2D eigenvalue weighted by Crippen LogP contribution is 2.20. The van der Waals surface area contributed by atoms with Crippen molar-refractivity contribution in [2.75, 3.05) is 13.2 Å². The van der Waals surface area contributed by atoms with E-state index in [0.29, 0.717) is 24.8 Å². The summed E-state index contributed by atoms with van der Waals surface area (Å²) in [6.07, 6.45) is 5.12. The van der Waals surface area contributed by atoms with Gasteiger partial charge >= 0.3 is 0 Å². The summed E-state index contributed by atoms with van der Waals surface area (Å²) >= 11 is 0. The Balaban J connectivity index is 2.04. The van der Waals surface area contributed by atoms with Gasteiger partial charge in [-0.1, -0.05) is 19.1 Å². The van der Waals surface area contributed by atoms with Gasteiger partial charge in [-0.05, 0) is 37.0 Å². The normalized spacial score (nSPS) is 13.5. The van der Waals surface area contributed by atoms with Gasteiger partial charge in [-0.25, -0.2) is 0 Å². The zero-order valence-corrected chi connectivity index (χ0v) is 14.2. The van der Waals surface area contributed by atoms with Gasteiger partial charge in [-0.3, -0.25) is 9.48 Å². The van der Waals surface area contributed by atoms with Crippen LogP contribution in [0.4, 0.5) is 0 Å². The third kappa shape index (κ3) is 4.66. The number of nitrogens with one attached hydrogen (secondary N) is 1. The Kier molecular flexibility index (Phi) is 6.11. The molecule has 130 valence electrons. The van der Waals surface area contributed by atoms with Gasteiger partial charge in [-0.15, -0.1) is 0 Å². The summed E-state index contributed by atoms with van der Waals surface area (Å²) in [4.78, 5) is 12.4. The number of amides is 1. The smallest absolute Gasteiger partial charge is 0.251 e. The summed E-state index contributed by atoms with van der Waals surface area (Å²) in [5.41, 5.74) is 1.42. The van der Waals surface area contributed by atoms with Crippen molar-refractivity contribution in [2.24, 2.45) is 7.05 Å². The van der Waals surface area contributed by atoms with Crippen LogP contribution in [-0.4, -0.2) is 44.7 Å². The third-order valence-corrected chi connectivity index (χ3v) is 4.20. The molecule has 3 N–H and O–H groups in total. The first kappa shape index (κ1) is 18.2. The standard InChI is InChI=1S/C18H25N3O3/c1-3-18(24,8-5-9-22)13-19-17(23)15-7-4-6-14(10-15)16-11-20-21(2)12-16/h4,6-7,10-12,22,24H,3,5,8-9,13H2,1-2H3,(H,19,23)/t18-/m0/s1. The van der Waals surface area contributed by atoms with Crippen LogP contribution in [0.3, 0.4) is 0 Å². The van der Waals surface area contributed by atoms with Crippen LogP contribution in [-0.2, 0) is 7.05 Å². The zero-order chi connectivity index (χ0) is 17.6. The van der Waals surface area contributed by atoms with E-state index in [0.717, 1.165) is 11.1 Å². The van der Waals surface area contributed by atoms with Crippen LogP contribution < -0.4 is 5.32 Å². The fourth-order valence-electron chi connectivity index (χ4n) is 2.56. The van der Waals surface area contributed by atoms with E-state index in [9.17, 15) is 9.90 Å². The molecule has 6 nitrogen and oxygen atoms in total. The predicted molar refractivity (Wildman–Crippen MR) is 92.5 cm³/mol. The highest BCUT2D eigenvalue weighted by Gasteiger charge is 2.25. The van der Waals surface area contributed by atoms with Crippen molar-refractivity contribution in [3.8, 4) is 11.1 Å². The van der Waals surface area contributed by atoms with Crippen LogP contribution in [0, 0.1) is 0 Å². The molecular weight excluding hydrogens is 306 g/mol. The second-order valence-electron chi connectivity index (χ2n) is 6.07. The highest BCUT2D eigenvalue weighted by atomic mass is 16.3. The molecule has 2 rings (SSSR count). The summed E-state index contributed by atoms with van der Waals surface area (Å²) in [6, 6.07) is 7.31. The molecule has 1 atom stereocenters. The van der Waals surface area contributed by atoms with Gasteiger partial charge in [0.1, 0.15) is 0 Å². The van der Waals surface area contributed by atoms with Crippen molar-refractivity contribution < 1.29 is 15.0 Å². The Bertz CT molecular complexity index is 684. The molecule has 0 aliphatic heterocycles. The first-order chi connectivity index (χ1) is 11.5. The van der Waals surface area contributed by atoms with Crippen molar-refractivity contribution >= 4 is 5.91 Å². The topological polar surface area (TPSA) is 87.4 Å². The SMILES string of the molecule is CC[C@](O)(CCCO)CNC(=O)c1cccc(-c2cnn(C)c2)c1. The molecule has 0 unspecified atom stereocenters. The number of aliphatic hydroxyl groups is 2. The maximum absolute atomic E-state index is 12.4. The summed E-state index contributed by atoms with van der Waals surface area (Å²) < 4.78 is 1.71. The van der Waals surface area contributed by atoms with Crippen molar-refractivity contribution in [1.82, 2.24) is 15.1 Å². The molecule has 1 heterocycles. The number of aromatic nitrogens is 2. The van der Waals surface area contributed by atoms with Crippen molar-refractivity contribution in [3.63, 3.8) is 0 Å². The number of aliphatic hydroxyl groups excluding tert-OH is 1. The zero-order valence-electron chi connectivity index (χ0n) is 14.2.